The molecular formula is C19H19NO6. The highest BCUT2D eigenvalue weighted by Crippen LogP contribution is 2.32. The molecule has 0 unspecified atom stereocenters. The fourth-order valence-corrected chi connectivity index (χ4v) is 2.46. The number of aryl methyl sites for hydroxylation is 1. The van der Waals surface area contributed by atoms with Gasteiger partial charge in [0.05, 0.1) is 7.11 Å². The Hall–Kier alpha value is -3.22. The van der Waals surface area contributed by atoms with Gasteiger partial charge in [-0.25, -0.2) is 0 Å². The number of anilines is 1. The van der Waals surface area contributed by atoms with E-state index in [9.17, 15) is 9.59 Å². The molecule has 2 aromatic rings. The average Bonchev–Trinajstić information content (AvgIpc) is 3.12. The normalized spacial score (nSPS) is 11.7. The molecule has 136 valence electrons. The largest absolute Gasteiger partial charge is 0.497 e. The Morgan fingerprint density at radius 1 is 1.12 bits per heavy atom. The molecule has 26 heavy (non-hydrogen) atoms. The lowest BCUT2D eigenvalue weighted by atomic mass is 10.1. The van der Waals surface area contributed by atoms with Gasteiger partial charge in [-0.3, -0.25) is 9.59 Å². The van der Waals surface area contributed by atoms with Crippen LogP contribution in [0.4, 0.5) is 5.69 Å². The zero-order valence-corrected chi connectivity index (χ0v) is 14.3. The molecule has 0 radical (unpaired) electrons. The third-order valence-electron chi connectivity index (χ3n) is 3.77. The number of esters is 1. The first-order valence-electron chi connectivity index (χ1n) is 8.12. The van der Waals surface area contributed by atoms with Crippen LogP contribution in [0.3, 0.4) is 0 Å². The quantitative estimate of drug-likeness (QED) is 0.767. The highest BCUT2D eigenvalue weighted by molar-refractivity contribution is 5.92. The summed E-state index contributed by atoms with van der Waals surface area (Å²) in [6, 6.07) is 12.4. The third kappa shape index (κ3) is 4.66. The van der Waals surface area contributed by atoms with E-state index in [4.69, 9.17) is 18.9 Å². The van der Waals surface area contributed by atoms with Gasteiger partial charge >= 0.3 is 5.97 Å². The van der Waals surface area contributed by atoms with Gasteiger partial charge in [0.2, 0.25) is 6.79 Å². The van der Waals surface area contributed by atoms with Crippen molar-refractivity contribution in [2.24, 2.45) is 0 Å². The fourth-order valence-electron chi connectivity index (χ4n) is 2.46. The summed E-state index contributed by atoms with van der Waals surface area (Å²) in [4.78, 5) is 23.7. The zero-order chi connectivity index (χ0) is 18.4. The van der Waals surface area contributed by atoms with Gasteiger partial charge in [0.1, 0.15) is 5.75 Å². The van der Waals surface area contributed by atoms with Gasteiger partial charge in [0.25, 0.3) is 5.91 Å². The van der Waals surface area contributed by atoms with Gasteiger partial charge in [0.15, 0.2) is 18.1 Å². The van der Waals surface area contributed by atoms with Crippen LogP contribution >= 0.6 is 0 Å². The predicted molar refractivity (Wildman–Crippen MR) is 93.5 cm³/mol. The maximum atomic E-state index is 11.9. The maximum absolute atomic E-state index is 11.9. The Balaban J connectivity index is 1.41. The number of ether oxygens (including phenoxy) is 4. The van der Waals surface area contributed by atoms with Crippen molar-refractivity contribution < 1.29 is 28.5 Å². The van der Waals surface area contributed by atoms with Crippen LogP contribution < -0.4 is 19.5 Å². The first-order chi connectivity index (χ1) is 12.6. The molecule has 7 nitrogen and oxygen atoms in total. The summed E-state index contributed by atoms with van der Waals surface area (Å²) in [5.41, 5.74) is 1.51. The molecule has 1 amide bonds. The lowest BCUT2D eigenvalue weighted by Crippen LogP contribution is -2.21. The topological polar surface area (TPSA) is 83.1 Å². The molecule has 3 rings (SSSR count). The van der Waals surface area contributed by atoms with Gasteiger partial charge in [-0.1, -0.05) is 12.1 Å². The molecule has 1 N–H and O–H groups in total. The number of amides is 1. The number of methoxy groups -OCH3 is 1. The predicted octanol–water partition coefficient (Wildman–Crippen LogP) is 2.54. The summed E-state index contributed by atoms with van der Waals surface area (Å²) in [5, 5.41) is 2.65. The molecule has 0 saturated heterocycles. The maximum Gasteiger partial charge on any atom is 0.306 e. The number of fused-ring (bicyclic) bond motifs is 1. The van der Waals surface area contributed by atoms with Crippen LogP contribution in [0.25, 0.3) is 0 Å². The standard InChI is InChI=1S/C19H19NO6/c1-23-15-4-2-3-14(10-15)20-18(21)11-24-19(22)8-6-13-5-7-16-17(9-13)26-12-25-16/h2-5,7,9-10H,6,8,11-12H2,1H3,(H,20,21). The molecule has 7 heteroatoms. The fraction of sp³-hybridized carbons (Fsp3) is 0.263. The summed E-state index contributed by atoms with van der Waals surface area (Å²) in [7, 11) is 1.54. The number of benzene rings is 2. The molecule has 0 bridgehead atoms. The summed E-state index contributed by atoms with van der Waals surface area (Å²) in [6.07, 6.45) is 0.666. The molecular weight excluding hydrogens is 338 g/mol. The second-order valence-corrected chi connectivity index (χ2v) is 5.63. The molecule has 0 atom stereocenters. The molecule has 1 heterocycles. The summed E-state index contributed by atoms with van der Waals surface area (Å²) in [5.74, 6) is 1.15. The molecule has 0 fully saturated rings. The Morgan fingerprint density at radius 3 is 2.81 bits per heavy atom. The lowest BCUT2D eigenvalue weighted by Gasteiger charge is -2.08. The van der Waals surface area contributed by atoms with E-state index in [1.807, 2.05) is 18.2 Å². The minimum absolute atomic E-state index is 0.173. The van der Waals surface area contributed by atoms with E-state index in [0.29, 0.717) is 29.4 Å². The van der Waals surface area contributed by atoms with E-state index < -0.39 is 11.9 Å². The van der Waals surface area contributed by atoms with Gasteiger partial charge in [-0.05, 0) is 36.2 Å². The van der Waals surface area contributed by atoms with Crippen LogP contribution in [-0.4, -0.2) is 32.4 Å². The monoisotopic (exact) mass is 357 g/mol. The van der Waals surface area contributed by atoms with Crippen molar-refractivity contribution in [2.75, 3.05) is 25.8 Å². The number of hydrogen-bond donors (Lipinski definition) is 1. The molecule has 0 saturated carbocycles. The van der Waals surface area contributed by atoms with Crippen molar-refractivity contribution in [1.82, 2.24) is 0 Å². The average molecular weight is 357 g/mol. The smallest absolute Gasteiger partial charge is 0.306 e. The van der Waals surface area contributed by atoms with Crippen molar-refractivity contribution in [3.05, 3.63) is 48.0 Å². The minimum atomic E-state index is -0.441. The van der Waals surface area contributed by atoms with Crippen LogP contribution in [0, 0.1) is 0 Å². The Morgan fingerprint density at radius 2 is 1.96 bits per heavy atom. The minimum Gasteiger partial charge on any atom is -0.497 e. The van der Waals surface area contributed by atoms with Gasteiger partial charge in [-0.2, -0.15) is 0 Å². The first-order valence-corrected chi connectivity index (χ1v) is 8.12. The number of carbonyl (C=O) groups excluding carboxylic acids is 2. The van der Waals surface area contributed by atoms with E-state index in [1.165, 1.54) is 0 Å². The van der Waals surface area contributed by atoms with E-state index in [1.54, 1.807) is 31.4 Å². The number of hydrogen-bond acceptors (Lipinski definition) is 6. The summed E-state index contributed by atoms with van der Waals surface area (Å²) < 4.78 is 20.6. The van der Waals surface area contributed by atoms with Crippen LogP contribution in [0.5, 0.6) is 17.2 Å². The highest BCUT2D eigenvalue weighted by atomic mass is 16.7. The van der Waals surface area contributed by atoms with E-state index in [-0.39, 0.29) is 19.8 Å². The Kier molecular flexibility index (Phi) is 5.58. The van der Waals surface area contributed by atoms with Gasteiger partial charge in [0, 0.05) is 18.2 Å². The number of nitrogens with one attached hydrogen (secondary N) is 1. The van der Waals surface area contributed by atoms with Crippen molar-refractivity contribution in [2.45, 2.75) is 12.8 Å². The first kappa shape index (κ1) is 17.6. The van der Waals surface area contributed by atoms with Crippen LogP contribution in [0.2, 0.25) is 0 Å². The van der Waals surface area contributed by atoms with Crippen LogP contribution in [0.15, 0.2) is 42.5 Å². The molecule has 1 aliphatic heterocycles. The third-order valence-corrected chi connectivity index (χ3v) is 3.77. The van der Waals surface area contributed by atoms with E-state index in [0.717, 1.165) is 5.56 Å². The van der Waals surface area contributed by atoms with Crippen molar-refractivity contribution in [1.29, 1.82) is 0 Å². The van der Waals surface area contributed by atoms with Crippen LogP contribution in [0.1, 0.15) is 12.0 Å². The van der Waals surface area contributed by atoms with Crippen molar-refractivity contribution in [3.8, 4) is 17.2 Å². The van der Waals surface area contributed by atoms with E-state index >= 15 is 0 Å². The molecule has 1 aliphatic rings. The zero-order valence-electron chi connectivity index (χ0n) is 14.3. The second kappa shape index (κ2) is 8.24. The highest BCUT2D eigenvalue weighted by Gasteiger charge is 2.14. The number of carbonyl (C=O) groups is 2. The number of rotatable bonds is 7. The molecule has 2 aromatic carbocycles. The Labute approximate surface area is 150 Å². The van der Waals surface area contributed by atoms with Crippen molar-refractivity contribution >= 4 is 17.6 Å². The van der Waals surface area contributed by atoms with Gasteiger partial charge < -0.3 is 24.3 Å². The molecule has 0 aliphatic carbocycles. The Bertz CT molecular complexity index is 804. The SMILES string of the molecule is COc1cccc(NC(=O)COC(=O)CCc2ccc3c(c2)OCO3)c1. The van der Waals surface area contributed by atoms with Crippen molar-refractivity contribution in [3.63, 3.8) is 0 Å². The van der Waals surface area contributed by atoms with Crippen LogP contribution in [-0.2, 0) is 20.7 Å². The van der Waals surface area contributed by atoms with E-state index in [2.05, 4.69) is 5.32 Å². The summed E-state index contributed by atoms with van der Waals surface area (Å²) >= 11 is 0. The lowest BCUT2D eigenvalue weighted by molar-refractivity contribution is -0.147. The summed E-state index contributed by atoms with van der Waals surface area (Å²) in [6.45, 7) is -0.125. The second-order valence-electron chi connectivity index (χ2n) is 5.63. The molecule has 0 aromatic heterocycles. The molecule has 0 spiro atoms. The van der Waals surface area contributed by atoms with Gasteiger partial charge in [-0.15, -0.1) is 0 Å².